The maximum atomic E-state index is 12.7. The lowest BCUT2D eigenvalue weighted by Gasteiger charge is -2.25. The second-order valence-electron chi connectivity index (χ2n) is 6.73. The van der Waals surface area contributed by atoms with E-state index in [1.54, 1.807) is 24.0 Å². The molecular weight excluding hydrogens is 396 g/mol. The summed E-state index contributed by atoms with van der Waals surface area (Å²) in [6, 6.07) is 7.43. The van der Waals surface area contributed by atoms with E-state index in [0.29, 0.717) is 18.8 Å². The lowest BCUT2D eigenvalue weighted by Crippen LogP contribution is -2.35. The zero-order valence-electron chi connectivity index (χ0n) is 15.8. The number of nitrogens with zero attached hydrogens (tertiary/aromatic N) is 5. The van der Waals surface area contributed by atoms with Crippen LogP contribution in [0, 0.1) is 0 Å². The largest absolute Gasteiger partial charge is 0.401 e. The molecule has 0 atom stereocenters. The van der Waals surface area contributed by atoms with Gasteiger partial charge in [-0.25, -0.2) is 8.42 Å². The number of carbonyl (C=O) groups excluding carboxylic acids is 1. The van der Waals surface area contributed by atoms with Crippen LogP contribution in [0.15, 0.2) is 45.8 Å². The number of piperidine rings is 1. The molecule has 1 N–H and O–H groups in total. The van der Waals surface area contributed by atoms with Crippen molar-refractivity contribution in [3.05, 3.63) is 42.1 Å². The predicted molar refractivity (Wildman–Crippen MR) is 104 cm³/mol. The molecule has 4 rings (SSSR count). The summed E-state index contributed by atoms with van der Waals surface area (Å²) in [6.07, 6.45) is 4.51. The first-order valence-corrected chi connectivity index (χ1v) is 10.6. The third kappa shape index (κ3) is 4.05. The van der Waals surface area contributed by atoms with Gasteiger partial charge >= 0.3 is 6.01 Å². The van der Waals surface area contributed by atoms with Crippen LogP contribution in [0.25, 0.3) is 11.6 Å². The van der Waals surface area contributed by atoms with E-state index in [-0.39, 0.29) is 22.4 Å². The number of amides is 1. The van der Waals surface area contributed by atoms with E-state index in [0.717, 1.165) is 19.3 Å². The average molecular weight is 416 g/mol. The number of aromatic nitrogens is 4. The number of hydrogen-bond donors (Lipinski definition) is 1. The summed E-state index contributed by atoms with van der Waals surface area (Å²) in [5, 5.41) is 14.3. The molecule has 1 aliphatic heterocycles. The van der Waals surface area contributed by atoms with Crippen LogP contribution >= 0.6 is 0 Å². The van der Waals surface area contributed by atoms with Crippen LogP contribution in [-0.4, -0.2) is 51.7 Å². The SMILES string of the molecule is Cn1ccc(-c2nnc(NC(=O)c3ccc(S(=O)(=O)N4CCCCC4)cc3)o2)n1. The molecule has 0 unspecified atom stereocenters. The van der Waals surface area contributed by atoms with Crippen LogP contribution in [0.4, 0.5) is 6.01 Å². The maximum Gasteiger partial charge on any atom is 0.322 e. The Labute approximate surface area is 167 Å². The molecule has 152 valence electrons. The van der Waals surface area contributed by atoms with Gasteiger partial charge in [0.2, 0.25) is 10.0 Å². The summed E-state index contributed by atoms with van der Waals surface area (Å²) in [4.78, 5) is 12.6. The number of benzene rings is 1. The van der Waals surface area contributed by atoms with Crippen molar-refractivity contribution in [3.8, 4) is 11.6 Å². The van der Waals surface area contributed by atoms with Gasteiger partial charge in [0, 0.05) is 31.9 Å². The Bertz CT molecular complexity index is 1110. The van der Waals surface area contributed by atoms with Crippen LogP contribution < -0.4 is 5.32 Å². The minimum absolute atomic E-state index is 0.0688. The predicted octanol–water partition coefficient (Wildman–Crippen LogP) is 1.90. The van der Waals surface area contributed by atoms with Crippen molar-refractivity contribution >= 4 is 21.9 Å². The number of sulfonamides is 1. The fourth-order valence-corrected chi connectivity index (χ4v) is 4.63. The zero-order chi connectivity index (χ0) is 20.4. The highest BCUT2D eigenvalue weighted by Gasteiger charge is 2.26. The molecule has 10 nitrogen and oxygen atoms in total. The third-order valence-corrected chi connectivity index (χ3v) is 6.56. The van der Waals surface area contributed by atoms with Gasteiger partial charge < -0.3 is 4.42 Å². The first-order chi connectivity index (χ1) is 13.9. The number of anilines is 1. The summed E-state index contributed by atoms with van der Waals surface area (Å²) in [6.45, 7) is 1.06. The number of nitrogens with one attached hydrogen (secondary N) is 1. The summed E-state index contributed by atoms with van der Waals surface area (Å²) in [7, 11) is -1.78. The van der Waals surface area contributed by atoms with Gasteiger partial charge in [0.05, 0.1) is 4.90 Å². The van der Waals surface area contributed by atoms with Crippen molar-refractivity contribution in [1.29, 1.82) is 0 Å². The normalized spacial score (nSPS) is 15.3. The van der Waals surface area contributed by atoms with Crippen molar-refractivity contribution in [2.24, 2.45) is 7.05 Å². The second kappa shape index (κ2) is 7.76. The van der Waals surface area contributed by atoms with Gasteiger partial charge in [-0.3, -0.25) is 14.8 Å². The second-order valence-corrected chi connectivity index (χ2v) is 8.67. The number of aryl methyl sites for hydroxylation is 1. The highest BCUT2D eigenvalue weighted by Crippen LogP contribution is 2.22. The van der Waals surface area contributed by atoms with Crippen LogP contribution in [0.3, 0.4) is 0 Å². The highest BCUT2D eigenvalue weighted by atomic mass is 32.2. The third-order valence-electron chi connectivity index (χ3n) is 4.65. The van der Waals surface area contributed by atoms with Crippen molar-refractivity contribution in [1.82, 2.24) is 24.3 Å². The fraction of sp³-hybridized carbons (Fsp3) is 0.333. The molecule has 0 radical (unpaired) electrons. The fourth-order valence-electron chi connectivity index (χ4n) is 3.11. The van der Waals surface area contributed by atoms with Crippen LogP contribution in [0.2, 0.25) is 0 Å². The van der Waals surface area contributed by atoms with Crippen LogP contribution in [0.1, 0.15) is 29.6 Å². The van der Waals surface area contributed by atoms with Gasteiger partial charge in [0.15, 0.2) is 0 Å². The summed E-state index contributed by atoms with van der Waals surface area (Å²) in [5.74, 6) is -0.299. The molecule has 11 heteroatoms. The average Bonchev–Trinajstić information content (AvgIpc) is 3.37. The van der Waals surface area contributed by atoms with E-state index >= 15 is 0 Å². The monoisotopic (exact) mass is 416 g/mol. The molecule has 2 aromatic heterocycles. The van der Waals surface area contributed by atoms with Crippen molar-refractivity contribution in [3.63, 3.8) is 0 Å². The number of hydrogen-bond acceptors (Lipinski definition) is 7. The Morgan fingerprint density at radius 2 is 1.79 bits per heavy atom. The Hall–Kier alpha value is -3.05. The highest BCUT2D eigenvalue weighted by molar-refractivity contribution is 7.89. The van der Waals surface area contributed by atoms with Gasteiger partial charge in [-0.1, -0.05) is 11.5 Å². The van der Waals surface area contributed by atoms with E-state index in [9.17, 15) is 13.2 Å². The number of carbonyl (C=O) groups is 1. The molecule has 0 saturated carbocycles. The van der Waals surface area contributed by atoms with Gasteiger partial charge in [-0.15, -0.1) is 5.10 Å². The smallest absolute Gasteiger partial charge is 0.322 e. The first-order valence-electron chi connectivity index (χ1n) is 9.18. The van der Waals surface area contributed by atoms with E-state index in [1.807, 2.05) is 0 Å². The molecule has 1 aliphatic rings. The maximum absolute atomic E-state index is 12.7. The Morgan fingerprint density at radius 1 is 1.07 bits per heavy atom. The van der Waals surface area contributed by atoms with Gasteiger partial charge in [-0.2, -0.15) is 9.40 Å². The molecule has 1 amide bonds. The van der Waals surface area contributed by atoms with E-state index in [1.165, 1.54) is 28.6 Å². The summed E-state index contributed by atoms with van der Waals surface area (Å²) < 4.78 is 33.8. The molecule has 3 heterocycles. The van der Waals surface area contributed by atoms with E-state index in [4.69, 9.17) is 4.42 Å². The standard InChI is InChI=1S/C18H20N6O4S/c1-23-12-9-15(22-23)17-20-21-18(28-17)19-16(25)13-5-7-14(8-6-13)29(26,27)24-10-3-2-4-11-24/h5-9,12H,2-4,10-11H2,1H3,(H,19,21,25). The Kier molecular flexibility index (Phi) is 5.16. The molecule has 1 saturated heterocycles. The lowest BCUT2D eigenvalue weighted by molar-refractivity contribution is 0.102. The molecule has 1 aromatic carbocycles. The molecule has 0 aliphatic carbocycles. The number of rotatable bonds is 5. The molecule has 1 fully saturated rings. The minimum atomic E-state index is -3.54. The Balaban J connectivity index is 1.45. The summed E-state index contributed by atoms with van der Waals surface area (Å²) in [5.41, 5.74) is 0.771. The van der Waals surface area contributed by atoms with Gasteiger partial charge in [0.25, 0.3) is 11.8 Å². The van der Waals surface area contributed by atoms with E-state index < -0.39 is 15.9 Å². The van der Waals surface area contributed by atoms with Crippen LogP contribution in [-0.2, 0) is 17.1 Å². The van der Waals surface area contributed by atoms with Crippen molar-refractivity contribution in [2.75, 3.05) is 18.4 Å². The van der Waals surface area contributed by atoms with Gasteiger partial charge in [0.1, 0.15) is 5.69 Å². The van der Waals surface area contributed by atoms with Crippen molar-refractivity contribution in [2.45, 2.75) is 24.2 Å². The molecule has 0 bridgehead atoms. The zero-order valence-corrected chi connectivity index (χ0v) is 16.6. The van der Waals surface area contributed by atoms with Crippen LogP contribution in [0.5, 0.6) is 0 Å². The first kappa shape index (κ1) is 19.3. The quantitative estimate of drug-likeness (QED) is 0.674. The molecular formula is C18H20N6O4S. The summed E-state index contributed by atoms with van der Waals surface area (Å²) >= 11 is 0. The molecule has 29 heavy (non-hydrogen) atoms. The van der Waals surface area contributed by atoms with Gasteiger partial charge in [-0.05, 0) is 43.2 Å². The Morgan fingerprint density at radius 3 is 2.45 bits per heavy atom. The molecule has 3 aromatic rings. The molecule has 0 spiro atoms. The van der Waals surface area contributed by atoms with Crippen molar-refractivity contribution < 1.29 is 17.6 Å². The van der Waals surface area contributed by atoms with E-state index in [2.05, 4.69) is 20.6 Å². The topological polar surface area (TPSA) is 123 Å². The lowest BCUT2D eigenvalue weighted by atomic mass is 10.2. The minimum Gasteiger partial charge on any atom is -0.401 e.